The monoisotopic (exact) mass is 384 g/mol. The van der Waals surface area contributed by atoms with Crippen LogP contribution in [-0.4, -0.2) is 10.9 Å². The molecule has 6 rings (SSSR count). The van der Waals surface area contributed by atoms with Gasteiger partial charge in [-0.15, -0.1) is 0 Å². The number of fused-ring (bicyclic) bond motifs is 1. The predicted octanol–water partition coefficient (Wildman–Crippen LogP) is 5.15. The van der Waals surface area contributed by atoms with Gasteiger partial charge in [0.2, 0.25) is 5.91 Å². The molecular weight excluding hydrogens is 364 g/mol. The number of hydrogen-bond donors (Lipinski definition) is 1. The molecule has 0 unspecified atom stereocenters. The van der Waals surface area contributed by atoms with Gasteiger partial charge in [0.05, 0.1) is 16.6 Å². The van der Waals surface area contributed by atoms with E-state index >= 15 is 0 Å². The van der Waals surface area contributed by atoms with Crippen LogP contribution in [0.2, 0.25) is 0 Å². The summed E-state index contributed by atoms with van der Waals surface area (Å²) in [5, 5.41) is 4.30. The Morgan fingerprint density at radius 3 is 2.46 bits per heavy atom. The number of aromatic nitrogens is 1. The number of carbonyl (C=O) groups excluding carboxylic acids is 1. The van der Waals surface area contributed by atoms with Crippen molar-refractivity contribution >= 4 is 38.4 Å². The number of benzene rings is 1. The van der Waals surface area contributed by atoms with E-state index in [1.807, 2.05) is 24.3 Å². The molecule has 0 spiro atoms. The maximum Gasteiger partial charge on any atom is 0.230 e. The highest BCUT2D eigenvalue weighted by Gasteiger charge is 2.54. The Hall–Kier alpha value is -1.42. The minimum absolute atomic E-state index is 0.127. The second kappa shape index (κ2) is 5.29. The van der Waals surface area contributed by atoms with E-state index < -0.39 is 0 Å². The first-order chi connectivity index (χ1) is 11.6. The number of nitrogens with zero attached hydrogens (tertiary/aromatic N) is 1. The minimum atomic E-state index is -0.127. The molecule has 3 nitrogen and oxygen atoms in total. The summed E-state index contributed by atoms with van der Waals surface area (Å²) in [6, 6.07) is 7.99. The summed E-state index contributed by atoms with van der Waals surface area (Å²) in [4.78, 5) is 17.8. The number of carbonyl (C=O) groups is 1. The van der Waals surface area contributed by atoms with Crippen LogP contribution in [0.5, 0.6) is 0 Å². The molecule has 4 fully saturated rings. The fraction of sp³-hybridized carbons (Fsp3) is 0.500. The van der Waals surface area contributed by atoms with Crippen molar-refractivity contribution in [3.05, 3.63) is 34.9 Å². The Morgan fingerprint density at radius 1 is 1.12 bits per heavy atom. The Balaban J connectivity index is 1.49. The molecule has 0 atom stereocenters. The fourth-order valence-corrected chi connectivity index (χ4v) is 6.37. The topological polar surface area (TPSA) is 42.0 Å². The first kappa shape index (κ1) is 14.9. The zero-order valence-electron chi connectivity index (χ0n) is 13.6. The van der Waals surface area contributed by atoms with Crippen LogP contribution in [0.4, 0.5) is 5.69 Å². The van der Waals surface area contributed by atoms with E-state index in [1.165, 1.54) is 19.3 Å². The smallest absolute Gasteiger partial charge is 0.230 e. The molecule has 0 saturated heterocycles. The molecule has 1 aromatic heterocycles. The molecule has 4 saturated carbocycles. The zero-order valence-corrected chi connectivity index (χ0v) is 15.2. The maximum atomic E-state index is 13.3. The lowest BCUT2D eigenvalue weighted by molar-refractivity contribution is -0.140. The summed E-state index contributed by atoms with van der Waals surface area (Å²) >= 11 is 3.56. The second-order valence-corrected chi connectivity index (χ2v) is 9.10. The van der Waals surface area contributed by atoms with Crippen LogP contribution in [0.3, 0.4) is 0 Å². The fourth-order valence-electron chi connectivity index (χ4n) is 5.89. The molecule has 24 heavy (non-hydrogen) atoms. The van der Waals surface area contributed by atoms with Crippen molar-refractivity contribution in [2.45, 2.75) is 38.5 Å². The number of anilines is 1. The highest BCUT2D eigenvalue weighted by atomic mass is 79.9. The predicted molar refractivity (Wildman–Crippen MR) is 98.7 cm³/mol. The number of amides is 1. The third-order valence-corrected chi connectivity index (χ3v) is 6.90. The SMILES string of the molecule is O=C(Nc1cc(Br)cc2cccnc12)C12CC3CC(CC(C3)C1)C2. The van der Waals surface area contributed by atoms with Gasteiger partial charge >= 0.3 is 0 Å². The van der Waals surface area contributed by atoms with Crippen LogP contribution in [0.25, 0.3) is 10.9 Å². The van der Waals surface area contributed by atoms with Crippen molar-refractivity contribution in [2.75, 3.05) is 5.32 Å². The van der Waals surface area contributed by atoms with Crippen molar-refractivity contribution in [3.63, 3.8) is 0 Å². The van der Waals surface area contributed by atoms with Gasteiger partial charge in [-0.1, -0.05) is 22.0 Å². The molecule has 4 aliphatic rings. The van der Waals surface area contributed by atoms with Gasteiger partial charge in [0, 0.05) is 16.1 Å². The molecule has 1 N–H and O–H groups in total. The highest BCUT2D eigenvalue weighted by Crippen LogP contribution is 2.60. The largest absolute Gasteiger partial charge is 0.324 e. The van der Waals surface area contributed by atoms with Gasteiger partial charge in [0.25, 0.3) is 0 Å². The van der Waals surface area contributed by atoms with Gasteiger partial charge in [-0.25, -0.2) is 0 Å². The highest BCUT2D eigenvalue weighted by molar-refractivity contribution is 9.10. The van der Waals surface area contributed by atoms with Crippen LogP contribution in [0.1, 0.15) is 38.5 Å². The summed E-state index contributed by atoms with van der Waals surface area (Å²) in [5.41, 5.74) is 1.58. The molecule has 4 heteroatoms. The van der Waals surface area contributed by atoms with Gasteiger partial charge in [-0.05, 0) is 74.5 Å². The van der Waals surface area contributed by atoms with Crippen LogP contribution in [0, 0.1) is 23.2 Å². The van der Waals surface area contributed by atoms with E-state index in [1.54, 1.807) is 6.20 Å². The summed E-state index contributed by atoms with van der Waals surface area (Å²) in [6.07, 6.45) is 9.12. The average molecular weight is 385 g/mol. The number of rotatable bonds is 2. The van der Waals surface area contributed by atoms with Gasteiger partial charge < -0.3 is 5.32 Å². The number of hydrogen-bond acceptors (Lipinski definition) is 2. The second-order valence-electron chi connectivity index (χ2n) is 8.18. The van der Waals surface area contributed by atoms with Crippen molar-refractivity contribution in [2.24, 2.45) is 23.2 Å². The Kier molecular flexibility index (Phi) is 3.28. The van der Waals surface area contributed by atoms with Gasteiger partial charge in [0.1, 0.15) is 0 Å². The lowest BCUT2D eigenvalue weighted by Crippen LogP contribution is -2.51. The molecular formula is C20H21BrN2O. The first-order valence-electron chi connectivity index (χ1n) is 8.97. The van der Waals surface area contributed by atoms with Crippen molar-refractivity contribution in [1.29, 1.82) is 0 Å². The third kappa shape index (κ3) is 2.30. The average Bonchev–Trinajstić information content (AvgIpc) is 2.53. The number of nitrogens with one attached hydrogen (secondary N) is 1. The normalized spacial score (nSPS) is 33.8. The van der Waals surface area contributed by atoms with E-state index in [2.05, 4.69) is 26.2 Å². The van der Waals surface area contributed by atoms with Crippen molar-refractivity contribution in [3.8, 4) is 0 Å². The number of halogens is 1. The quantitative estimate of drug-likeness (QED) is 0.777. The van der Waals surface area contributed by atoms with Crippen molar-refractivity contribution < 1.29 is 4.79 Å². The lowest BCUT2D eigenvalue weighted by Gasteiger charge is -2.55. The van der Waals surface area contributed by atoms with E-state index in [-0.39, 0.29) is 11.3 Å². The van der Waals surface area contributed by atoms with Gasteiger partial charge in [-0.3, -0.25) is 9.78 Å². The molecule has 4 bridgehead atoms. The summed E-state index contributed by atoms with van der Waals surface area (Å²) < 4.78 is 0.976. The Bertz CT molecular complexity index is 796. The van der Waals surface area contributed by atoms with Gasteiger partial charge in [-0.2, -0.15) is 0 Å². The standard InChI is InChI=1S/C20H21BrN2O/c21-16-7-15-2-1-3-22-18(15)17(8-16)23-19(24)20-9-12-4-13(10-20)6-14(5-12)11-20/h1-3,7-8,12-14H,4-6,9-11H2,(H,23,24). The van der Waals surface area contributed by atoms with Crippen LogP contribution < -0.4 is 5.32 Å². The zero-order chi connectivity index (χ0) is 16.3. The van der Waals surface area contributed by atoms with E-state index in [0.29, 0.717) is 0 Å². The molecule has 1 amide bonds. The van der Waals surface area contributed by atoms with Crippen LogP contribution in [-0.2, 0) is 4.79 Å². The molecule has 2 aromatic rings. The van der Waals surface area contributed by atoms with E-state index in [9.17, 15) is 4.79 Å². The Labute approximate surface area is 150 Å². The number of pyridine rings is 1. The first-order valence-corrected chi connectivity index (χ1v) is 9.76. The van der Waals surface area contributed by atoms with Crippen LogP contribution in [0.15, 0.2) is 34.9 Å². The molecule has 0 aliphatic heterocycles. The molecule has 1 aromatic carbocycles. The third-order valence-electron chi connectivity index (χ3n) is 6.44. The summed E-state index contributed by atoms with van der Waals surface area (Å²) in [5.74, 6) is 2.56. The lowest BCUT2D eigenvalue weighted by atomic mass is 9.49. The van der Waals surface area contributed by atoms with Gasteiger partial charge in [0.15, 0.2) is 0 Å². The maximum absolute atomic E-state index is 13.3. The molecule has 0 radical (unpaired) electrons. The molecule has 4 aliphatic carbocycles. The summed E-state index contributed by atoms with van der Waals surface area (Å²) in [6.45, 7) is 0. The Morgan fingerprint density at radius 2 is 1.79 bits per heavy atom. The van der Waals surface area contributed by atoms with Crippen LogP contribution >= 0.6 is 15.9 Å². The minimum Gasteiger partial charge on any atom is -0.324 e. The molecule has 124 valence electrons. The van der Waals surface area contributed by atoms with E-state index in [4.69, 9.17) is 0 Å². The summed E-state index contributed by atoms with van der Waals surface area (Å²) in [7, 11) is 0. The van der Waals surface area contributed by atoms with E-state index in [0.717, 1.165) is 58.1 Å². The molecule has 1 heterocycles. The van der Waals surface area contributed by atoms with Crippen molar-refractivity contribution in [1.82, 2.24) is 4.98 Å².